The highest BCUT2D eigenvalue weighted by Crippen LogP contribution is 2.23. The molecule has 1 amide bonds. The highest BCUT2D eigenvalue weighted by molar-refractivity contribution is 6.35. The Labute approximate surface area is 147 Å². The molecule has 0 aliphatic rings. The topological polar surface area (TPSA) is 33.0 Å². The van der Waals surface area contributed by atoms with Gasteiger partial charge >= 0.3 is 0 Å². The zero-order valence-electron chi connectivity index (χ0n) is 13.4. The fourth-order valence-electron chi connectivity index (χ4n) is 2.60. The van der Waals surface area contributed by atoms with Gasteiger partial charge in [-0.15, -0.1) is 0 Å². The Morgan fingerprint density at radius 1 is 1.09 bits per heavy atom. The number of nitrogens with one attached hydrogen (secondary N) is 1. The molecule has 0 saturated heterocycles. The van der Waals surface area contributed by atoms with E-state index in [0.29, 0.717) is 21.7 Å². The molecule has 1 heterocycles. The summed E-state index contributed by atoms with van der Waals surface area (Å²) in [6, 6.07) is 9.14. The number of rotatable bonds is 6. The van der Waals surface area contributed by atoms with E-state index in [2.05, 4.69) is 31.3 Å². The van der Waals surface area contributed by atoms with Gasteiger partial charge in [-0.3, -0.25) is 4.79 Å². The van der Waals surface area contributed by atoms with Crippen LogP contribution < -0.4 is 9.88 Å². The number of amides is 1. The van der Waals surface area contributed by atoms with Crippen LogP contribution in [0.2, 0.25) is 10.0 Å². The Morgan fingerprint density at radius 2 is 1.65 bits per heavy atom. The lowest BCUT2D eigenvalue weighted by Crippen LogP contribution is -2.39. The minimum absolute atomic E-state index is 0.122. The van der Waals surface area contributed by atoms with Crippen LogP contribution in [0.4, 0.5) is 5.69 Å². The molecule has 0 fully saturated rings. The van der Waals surface area contributed by atoms with Gasteiger partial charge < -0.3 is 5.32 Å². The number of nitrogens with zero attached hydrogens (tertiary/aromatic N) is 1. The van der Waals surface area contributed by atoms with E-state index in [1.54, 1.807) is 18.2 Å². The Kier molecular flexibility index (Phi) is 6.43. The van der Waals surface area contributed by atoms with Crippen LogP contribution in [0.15, 0.2) is 42.7 Å². The molecule has 1 aromatic heterocycles. The molecular formula is C18H21Cl2N2O+. The van der Waals surface area contributed by atoms with E-state index in [1.165, 1.54) is 5.56 Å². The summed E-state index contributed by atoms with van der Waals surface area (Å²) >= 11 is 11.9. The SMILES string of the molecule is CCC(CC)c1cc[n+](CC(=O)Nc2cc(Cl)cc(Cl)c2)cc1. The summed E-state index contributed by atoms with van der Waals surface area (Å²) in [6.07, 6.45) is 6.13. The van der Waals surface area contributed by atoms with Gasteiger partial charge in [0.05, 0.1) is 0 Å². The molecule has 1 aromatic carbocycles. The maximum absolute atomic E-state index is 12.1. The Balaban J connectivity index is 2.00. The van der Waals surface area contributed by atoms with Gasteiger partial charge in [0.2, 0.25) is 6.54 Å². The van der Waals surface area contributed by atoms with E-state index in [4.69, 9.17) is 23.2 Å². The molecule has 3 nitrogen and oxygen atoms in total. The van der Waals surface area contributed by atoms with Crippen LogP contribution >= 0.6 is 23.2 Å². The van der Waals surface area contributed by atoms with Crippen molar-refractivity contribution in [2.75, 3.05) is 5.32 Å². The zero-order valence-corrected chi connectivity index (χ0v) is 14.9. The molecule has 1 N–H and O–H groups in total. The second-order valence-corrected chi connectivity index (χ2v) is 6.40. The first kappa shape index (κ1) is 17.8. The summed E-state index contributed by atoms with van der Waals surface area (Å²) in [5.74, 6) is 0.454. The third kappa shape index (κ3) is 5.22. The lowest BCUT2D eigenvalue weighted by Gasteiger charge is -2.11. The first-order valence-corrected chi connectivity index (χ1v) is 8.52. The van der Waals surface area contributed by atoms with Gasteiger partial charge in [0.15, 0.2) is 12.4 Å². The van der Waals surface area contributed by atoms with Crippen molar-refractivity contribution in [3.8, 4) is 0 Å². The van der Waals surface area contributed by atoms with Crippen molar-refractivity contribution in [1.82, 2.24) is 0 Å². The quantitative estimate of drug-likeness (QED) is 0.743. The van der Waals surface area contributed by atoms with Gasteiger partial charge in [-0.2, -0.15) is 4.57 Å². The first-order chi connectivity index (χ1) is 11.0. The molecule has 0 aliphatic heterocycles. The van der Waals surface area contributed by atoms with Crippen molar-refractivity contribution >= 4 is 34.8 Å². The van der Waals surface area contributed by atoms with Crippen molar-refractivity contribution in [3.63, 3.8) is 0 Å². The number of pyridine rings is 1. The molecule has 0 spiro atoms. The molecule has 0 atom stereocenters. The summed E-state index contributed by atoms with van der Waals surface area (Å²) in [6.45, 7) is 4.63. The summed E-state index contributed by atoms with van der Waals surface area (Å²) < 4.78 is 1.85. The molecule has 23 heavy (non-hydrogen) atoms. The van der Waals surface area contributed by atoms with Crippen LogP contribution in [-0.4, -0.2) is 5.91 Å². The van der Waals surface area contributed by atoms with E-state index in [1.807, 2.05) is 17.0 Å². The van der Waals surface area contributed by atoms with Gasteiger partial charge in [-0.1, -0.05) is 37.0 Å². The van der Waals surface area contributed by atoms with Gasteiger partial charge in [-0.05, 0) is 42.5 Å². The molecule has 5 heteroatoms. The molecule has 0 radical (unpaired) electrons. The number of halogens is 2. The Bertz CT molecular complexity index is 647. The largest absolute Gasteiger partial charge is 0.320 e. The number of anilines is 1. The molecule has 0 bridgehead atoms. The molecule has 0 saturated carbocycles. The summed E-state index contributed by atoms with van der Waals surface area (Å²) in [7, 11) is 0. The molecule has 2 rings (SSSR count). The number of carbonyl (C=O) groups excluding carboxylic acids is 1. The third-order valence-electron chi connectivity index (χ3n) is 3.85. The first-order valence-electron chi connectivity index (χ1n) is 7.76. The van der Waals surface area contributed by atoms with Crippen LogP contribution in [0.1, 0.15) is 38.2 Å². The minimum atomic E-state index is -0.122. The van der Waals surface area contributed by atoms with Crippen molar-refractivity contribution in [3.05, 3.63) is 58.3 Å². The normalized spacial score (nSPS) is 10.8. The van der Waals surface area contributed by atoms with Crippen molar-refractivity contribution in [2.45, 2.75) is 39.2 Å². The summed E-state index contributed by atoms with van der Waals surface area (Å²) in [4.78, 5) is 12.1. The van der Waals surface area contributed by atoms with E-state index < -0.39 is 0 Å². The predicted molar refractivity (Wildman–Crippen MR) is 95.1 cm³/mol. The molecule has 2 aromatic rings. The smallest absolute Gasteiger partial charge is 0.290 e. The van der Waals surface area contributed by atoms with E-state index in [9.17, 15) is 4.79 Å². The highest BCUT2D eigenvalue weighted by atomic mass is 35.5. The van der Waals surface area contributed by atoms with Crippen LogP contribution in [-0.2, 0) is 11.3 Å². The fraction of sp³-hybridized carbons (Fsp3) is 0.333. The second kappa shape index (κ2) is 8.32. The lowest BCUT2D eigenvalue weighted by molar-refractivity contribution is -0.684. The van der Waals surface area contributed by atoms with Crippen molar-refractivity contribution in [1.29, 1.82) is 0 Å². The molecule has 0 unspecified atom stereocenters. The number of carbonyl (C=O) groups is 1. The van der Waals surface area contributed by atoms with Gasteiger partial charge in [-0.25, -0.2) is 0 Å². The van der Waals surface area contributed by atoms with Crippen molar-refractivity contribution < 1.29 is 9.36 Å². The fourth-order valence-corrected chi connectivity index (χ4v) is 3.12. The number of aromatic nitrogens is 1. The summed E-state index contributed by atoms with van der Waals surface area (Å²) in [5.41, 5.74) is 1.91. The van der Waals surface area contributed by atoms with Gasteiger partial charge in [0.25, 0.3) is 5.91 Å². The number of hydrogen-bond acceptors (Lipinski definition) is 1. The number of hydrogen-bond donors (Lipinski definition) is 1. The van der Waals surface area contributed by atoms with Crippen LogP contribution in [0, 0.1) is 0 Å². The predicted octanol–water partition coefficient (Wildman–Crippen LogP) is 4.82. The standard InChI is InChI=1S/C18H20Cl2N2O/c1-3-13(4-2)14-5-7-22(8-6-14)12-18(23)21-17-10-15(19)9-16(20)11-17/h5-11,13H,3-4,12H2,1-2H3/p+1. The lowest BCUT2D eigenvalue weighted by atomic mass is 9.95. The maximum atomic E-state index is 12.1. The zero-order chi connectivity index (χ0) is 16.8. The number of benzene rings is 1. The minimum Gasteiger partial charge on any atom is -0.320 e. The Hall–Kier alpha value is -1.58. The van der Waals surface area contributed by atoms with E-state index in [-0.39, 0.29) is 12.5 Å². The maximum Gasteiger partial charge on any atom is 0.290 e. The van der Waals surface area contributed by atoms with Crippen LogP contribution in [0.25, 0.3) is 0 Å². The third-order valence-corrected chi connectivity index (χ3v) is 4.28. The molecular weight excluding hydrogens is 331 g/mol. The van der Waals surface area contributed by atoms with Gasteiger partial charge in [0, 0.05) is 27.9 Å². The van der Waals surface area contributed by atoms with Crippen LogP contribution in [0.3, 0.4) is 0 Å². The molecule has 122 valence electrons. The monoisotopic (exact) mass is 351 g/mol. The molecule has 0 aliphatic carbocycles. The average Bonchev–Trinajstić information content (AvgIpc) is 2.49. The Morgan fingerprint density at radius 3 is 2.17 bits per heavy atom. The average molecular weight is 352 g/mol. The second-order valence-electron chi connectivity index (χ2n) is 5.52. The van der Waals surface area contributed by atoms with E-state index >= 15 is 0 Å². The van der Waals surface area contributed by atoms with Gasteiger partial charge in [0.1, 0.15) is 0 Å². The highest BCUT2D eigenvalue weighted by Gasteiger charge is 2.12. The van der Waals surface area contributed by atoms with E-state index in [0.717, 1.165) is 12.8 Å². The van der Waals surface area contributed by atoms with Crippen LogP contribution in [0.5, 0.6) is 0 Å². The van der Waals surface area contributed by atoms with Crippen molar-refractivity contribution in [2.24, 2.45) is 0 Å². The summed E-state index contributed by atoms with van der Waals surface area (Å²) in [5, 5.41) is 3.79.